The summed E-state index contributed by atoms with van der Waals surface area (Å²) in [7, 11) is 1.93. The Kier molecular flexibility index (Phi) is 8.39. The molecule has 1 aliphatic heterocycles. The van der Waals surface area contributed by atoms with Gasteiger partial charge in [-0.1, -0.05) is 31.5 Å². The smallest absolute Gasteiger partial charge is 0.251 e. The maximum atomic E-state index is 12.9. The topological polar surface area (TPSA) is 61.4 Å². The third kappa shape index (κ3) is 5.72. The van der Waals surface area contributed by atoms with Crippen LogP contribution in [0, 0.1) is 18.8 Å². The van der Waals surface area contributed by atoms with E-state index in [-0.39, 0.29) is 30.1 Å². The number of carbonyl (C=O) groups excluding carboxylic acids is 2. The number of nitrogens with one attached hydrogen (secondary N) is 2. The maximum Gasteiger partial charge on any atom is 0.251 e. The Morgan fingerprint density at radius 3 is 2.64 bits per heavy atom. The predicted octanol–water partition coefficient (Wildman–Crippen LogP) is 2.24. The molecule has 2 amide bonds. The zero-order valence-corrected chi connectivity index (χ0v) is 16.4. The van der Waals surface area contributed by atoms with E-state index in [4.69, 9.17) is 0 Å². The number of hydrogen-bond donors (Lipinski definition) is 2. The zero-order chi connectivity index (χ0) is 17.7. The van der Waals surface area contributed by atoms with Crippen molar-refractivity contribution in [2.45, 2.75) is 33.2 Å². The van der Waals surface area contributed by atoms with E-state index < -0.39 is 6.04 Å². The van der Waals surface area contributed by atoms with E-state index in [1.807, 2.05) is 50.9 Å². The second-order valence-electron chi connectivity index (χ2n) is 7.06. The van der Waals surface area contributed by atoms with E-state index in [2.05, 4.69) is 10.6 Å². The fourth-order valence-electron chi connectivity index (χ4n) is 3.21. The first-order chi connectivity index (χ1) is 11.4. The Morgan fingerprint density at radius 2 is 2.04 bits per heavy atom. The highest BCUT2D eigenvalue weighted by Crippen LogP contribution is 2.18. The summed E-state index contributed by atoms with van der Waals surface area (Å²) in [6, 6.07) is 6.96. The molecule has 0 spiro atoms. The van der Waals surface area contributed by atoms with Gasteiger partial charge in [-0.25, -0.2) is 0 Å². The van der Waals surface area contributed by atoms with Crippen molar-refractivity contribution in [3.8, 4) is 0 Å². The Labute approximate surface area is 157 Å². The van der Waals surface area contributed by atoms with Crippen molar-refractivity contribution in [3.05, 3.63) is 35.4 Å². The number of likely N-dealkylation sites (tertiary alicyclic amines) is 1. The number of halogens is 1. The standard InChI is InChI=1S/C19H29N3O2.ClH/c1-13(2)17(19(24)22-9-8-15(12-22)11-20-4)21-18(23)16-7-5-6-14(3)10-16;/h5-7,10,13,15,17,20H,8-9,11-12H2,1-4H3,(H,21,23);1H. The molecule has 1 aromatic carbocycles. The Morgan fingerprint density at radius 1 is 1.32 bits per heavy atom. The molecule has 5 nitrogen and oxygen atoms in total. The number of carbonyl (C=O) groups is 2. The van der Waals surface area contributed by atoms with Crippen LogP contribution in [0.3, 0.4) is 0 Å². The first kappa shape index (κ1) is 21.5. The summed E-state index contributed by atoms with van der Waals surface area (Å²) in [5.74, 6) is 0.398. The summed E-state index contributed by atoms with van der Waals surface area (Å²) in [5.41, 5.74) is 1.63. The second-order valence-corrected chi connectivity index (χ2v) is 7.06. The van der Waals surface area contributed by atoms with Gasteiger partial charge in [0, 0.05) is 18.7 Å². The zero-order valence-electron chi connectivity index (χ0n) is 15.5. The minimum atomic E-state index is -0.480. The summed E-state index contributed by atoms with van der Waals surface area (Å²) in [5, 5.41) is 6.11. The van der Waals surface area contributed by atoms with E-state index in [1.165, 1.54) is 0 Å². The van der Waals surface area contributed by atoms with Crippen molar-refractivity contribution in [2.24, 2.45) is 11.8 Å². The summed E-state index contributed by atoms with van der Waals surface area (Å²) in [6.45, 7) is 8.36. The van der Waals surface area contributed by atoms with Crippen LogP contribution in [-0.4, -0.2) is 49.4 Å². The first-order valence-corrected chi connectivity index (χ1v) is 8.73. The Balaban J connectivity index is 0.00000312. The quantitative estimate of drug-likeness (QED) is 0.810. The van der Waals surface area contributed by atoms with Gasteiger partial charge in [0.2, 0.25) is 5.91 Å². The first-order valence-electron chi connectivity index (χ1n) is 8.73. The molecule has 0 aliphatic carbocycles. The van der Waals surface area contributed by atoms with Crippen LogP contribution in [0.2, 0.25) is 0 Å². The lowest BCUT2D eigenvalue weighted by Crippen LogP contribution is -2.50. The number of amides is 2. The SMILES string of the molecule is CNCC1CCN(C(=O)C(NC(=O)c2cccc(C)c2)C(C)C)C1.Cl. The average molecular weight is 368 g/mol. The van der Waals surface area contributed by atoms with Crippen LogP contribution in [-0.2, 0) is 4.79 Å². The molecule has 1 saturated heterocycles. The molecular formula is C19H30ClN3O2. The van der Waals surface area contributed by atoms with Crippen LogP contribution >= 0.6 is 12.4 Å². The van der Waals surface area contributed by atoms with Gasteiger partial charge in [0.05, 0.1) is 0 Å². The normalized spacial score (nSPS) is 18.0. The van der Waals surface area contributed by atoms with Gasteiger partial charge in [-0.2, -0.15) is 0 Å². The van der Waals surface area contributed by atoms with Crippen LogP contribution < -0.4 is 10.6 Å². The number of nitrogens with zero attached hydrogens (tertiary/aromatic N) is 1. The highest BCUT2D eigenvalue weighted by molar-refractivity contribution is 5.97. The minimum absolute atomic E-state index is 0. The minimum Gasteiger partial charge on any atom is -0.341 e. The van der Waals surface area contributed by atoms with Gasteiger partial charge in [0.15, 0.2) is 0 Å². The van der Waals surface area contributed by atoms with Gasteiger partial charge >= 0.3 is 0 Å². The molecule has 0 radical (unpaired) electrons. The van der Waals surface area contributed by atoms with E-state index in [0.29, 0.717) is 11.5 Å². The highest BCUT2D eigenvalue weighted by atomic mass is 35.5. The highest BCUT2D eigenvalue weighted by Gasteiger charge is 2.33. The van der Waals surface area contributed by atoms with Crippen LogP contribution in [0.15, 0.2) is 24.3 Å². The molecule has 1 fully saturated rings. The third-order valence-electron chi connectivity index (χ3n) is 4.59. The van der Waals surface area contributed by atoms with Gasteiger partial charge in [-0.15, -0.1) is 12.4 Å². The van der Waals surface area contributed by atoms with E-state index >= 15 is 0 Å². The lowest BCUT2D eigenvalue weighted by atomic mass is 10.0. The molecule has 1 aromatic rings. The van der Waals surface area contributed by atoms with Crippen LogP contribution in [0.5, 0.6) is 0 Å². The van der Waals surface area contributed by atoms with Gasteiger partial charge in [0.1, 0.15) is 6.04 Å². The third-order valence-corrected chi connectivity index (χ3v) is 4.59. The van der Waals surface area contributed by atoms with Gasteiger partial charge < -0.3 is 15.5 Å². The lowest BCUT2D eigenvalue weighted by Gasteiger charge is -2.27. The second kappa shape index (κ2) is 9.78. The van der Waals surface area contributed by atoms with Crippen molar-refractivity contribution in [1.29, 1.82) is 0 Å². The molecule has 2 atom stereocenters. The molecule has 0 bridgehead atoms. The molecule has 140 valence electrons. The van der Waals surface area contributed by atoms with Crippen LogP contribution in [0.1, 0.15) is 36.2 Å². The maximum absolute atomic E-state index is 12.9. The van der Waals surface area contributed by atoms with Crippen LogP contribution in [0.25, 0.3) is 0 Å². The average Bonchev–Trinajstić information content (AvgIpc) is 3.00. The fraction of sp³-hybridized carbons (Fsp3) is 0.579. The van der Waals surface area contributed by atoms with Crippen molar-refractivity contribution in [2.75, 3.05) is 26.7 Å². The largest absolute Gasteiger partial charge is 0.341 e. The number of aryl methyl sites for hydroxylation is 1. The van der Waals surface area contributed by atoms with E-state index in [9.17, 15) is 9.59 Å². The van der Waals surface area contributed by atoms with Crippen LogP contribution in [0.4, 0.5) is 0 Å². The summed E-state index contributed by atoms with van der Waals surface area (Å²) < 4.78 is 0. The molecule has 2 rings (SSSR count). The molecule has 25 heavy (non-hydrogen) atoms. The number of rotatable bonds is 6. The van der Waals surface area contributed by atoms with Crippen molar-refractivity contribution in [1.82, 2.24) is 15.5 Å². The van der Waals surface area contributed by atoms with Crippen molar-refractivity contribution >= 4 is 24.2 Å². The number of benzene rings is 1. The summed E-state index contributed by atoms with van der Waals surface area (Å²) in [6.07, 6.45) is 1.02. The van der Waals surface area contributed by atoms with Crippen molar-refractivity contribution in [3.63, 3.8) is 0 Å². The molecule has 1 aliphatic rings. The van der Waals surface area contributed by atoms with Gasteiger partial charge in [0.25, 0.3) is 5.91 Å². The molecule has 1 heterocycles. The molecule has 2 unspecified atom stereocenters. The molecule has 0 saturated carbocycles. The Hall–Kier alpha value is -1.59. The van der Waals surface area contributed by atoms with Crippen molar-refractivity contribution < 1.29 is 9.59 Å². The molecule has 6 heteroatoms. The summed E-state index contributed by atoms with van der Waals surface area (Å²) >= 11 is 0. The predicted molar refractivity (Wildman–Crippen MR) is 103 cm³/mol. The lowest BCUT2D eigenvalue weighted by molar-refractivity contribution is -0.133. The molecule has 0 aromatic heterocycles. The Bertz CT molecular complexity index is 592. The van der Waals surface area contributed by atoms with Gasteiger partial charge in [-0.05, 0) is 50.9 Å². The van der Waals surface area contributed by atoms with E-state index in [1.54, 1.807) is 6.07 Å². The van der Waals surface area contributed by atoms with Gasteiger partial charge in [-0.3, -0.25) is 9.59 Å². The molecular weight excluding hydrogens is 338 g/mol. The monoisotopic (exact) mass is 367 g/mol. The fourth-order valence-corrected chi connectivity index (χ4v) is 3.21. The van der Waals surface area contributed by atoms with E-state index in [0.717, 1.165) is 31.6 Å². The molecule has 2 N–H and O–H groups in total. The summed E-state index contributed by atoms with van der Waals surface area (Å²) in [4.78, 5) is 27.3. The number of hydrogen-bond acceptors (Lipinski definition) is 3.